The van der Waals surface area contributed by atoms with Gasteiger partial charge in [0.2, 0.25) is 5.91 Å². The number of carbonyl (C=O) groups excluding carboxylic acids is 1. The predicted molar refractivity (Wildman–Crippen MR) is 57.1 cm³/mol. The molecule has 0 aliphatic rings. The summed E-state index contributed by atoms with van der Waals surface area (Å²) in [5.74, 6) is 0.217. The summed E-state index contributed by atoms with van der Waals surface area (Å²) in [6.07, 6.45) is 2.48. The molecule has 0 aromatic carbocycles. The first-order valence-electron chi connectivity index (χ1n) is 5.28. The Balaban J connectivity index is 3.34. The van der Waals surface area contributed by atoms with Gasteiger partial charge in [-0.25, -0.2) is 0 Å². The first-order chi connectivity index (χ1) is 6.72. The fraction of sp³-hybridized carbons (Fsp3) is 0.900. The van der Waals surface area contributed by atoms with E-state index in [2.05, 4.69) is 5.32 Å². The smallest absolute Gasteiger partial charge is 0.222 e. The SMILES string of the molecule is CCCC(=O)N(C)CCCNCCO. The number of aliphatic hydroxyl groups excluding tert-OH is 1. The van der Waals surface area contributed by atoms with Crippen LogP contribution in [0.15, 0.2) is 0 Å². The van der Waals surface area contributed by atoms with Crippen LogP contribution in [0.4, 0.5) is 0 Å². The van der Waals surface area contributed by atoms with Crippen LogP contribution < -0.4 is 5.32 Å². The molecule has 0 spiro atoms. The van der Waals surface area contributed by atoms with Crippen molar-refractivity contribution in [2.75, 3.05) is 33.3 Å². The molecule has 0 fully saturated rings. The Kier molecular flexibility index (Phi) is 8.57. The van der Waals surface area contributed by atoms with E-state index in [9.17, 15) is 4.79 Å². The van der Waals surface area contributed by atoms with E-state index >= 15 is 0 Å². The summed E-state index contributed by atoms with van der Waals surface area (Å²) < 4.78 is 0. The number of nitrogens with one attached hydrogen (secondary N) is 1. The first kappa shape index (κ1) is 13.4. The van der Waals surface area contributed by atoms with E-state index in [1.54, 1.807) is 4.90 Å². The van der Waals surface area contributed by atoms with Crippen LogP contribution in [0, 0.1) is 0 Å². The number of hydrogen-bond acceptors (Lipinski definition) is 3. The minimum atomic E-state index is 0.171. The summed E-state index contributed by atoms with van der Waals surface area (Å²) in [7, 11) is 1.84. The Labute approximate surface area is 86.3 Å². The van der Waals surface area contributed by atoms with E-state index in [4.69, 9.17) is 5.11 Å². The highest BCUT2D eigenvalue weighted by molar-refractivity contribution is 5.75. The molecule has 0 aromatic rings. The second kappa shape index (κ2) is 8.97. The van der Waals surface area contributed by atoms with Crippen molar-refractivity contribution in [1.29, 1.82) is 0 Å². The summed E-state index contributed by atoms with van der Waals surface area (Å²) in [5.41, 5.74) is 0. The van der Waals surface area contributed by atoms with Gasteiger partial charge in [-0.05, 0) is 19.4 Å². The van der Waals surface area contributed by atoms with E-state index in [-0.39, 0.29) is 12.5 Å². The lowest BCUT2D eigenvalue weighted by molar-refractivity contribution is -0.129. The third-order valence-corrected chi connectivity index (χ3v) is 2.03. The van der Waals surface area contributed by atoms with E-state index in [0.29, 0.717) is 13.0 Å². The standard InChI is InChI=1S/C10H22N2O2/c1-3-5-10(14)12(2)8-4-6-11-7-9-13/h11,13H,3-9H2,1-2H3. The van der Waals surface area contributed by atoms with E-state index in [1.165, 1.54) is 0 Å². The van der Waals surface area contributed by atoms with Crippen LogP contribution in [-0.2, 0) is 4.79 Å². The molecule has 0 aliphatic heterocycles. The van der Waals surface area contributed by atoms with Crippen LogP contribution in [0.2, 0.25) is 0 Å². The lowest BCUT2D eigenvalue weighted by atomic mass is 10.3. The third kappa shape index (κ3) is 6.86. The van der Waals surface area contributed by atoms with Crippen molar-refractivity contribution in [2.45, 2.75) is 26.2 Å². The van der Waals surface area contributed by atoms with Crippen molar-refractivity contribution in [3.8, 4) is 0 Å². The third-order valence-electron chi connectivity index (χ3n) is 2.03. The molecule has 14 heavy (non-hydrogen) atoms. The second-order valence-corrected chi connectivity index (χ2v) is 3.39. The van der Waals surface area contributed by atoms with Gasteiger partial charge >= 0.3 is 0 Å². The summed E-state index contributed by atoms with van der Waals surface area (Å²) in [4.78, 5) is 13.1. The zero-order chi connectivity index (χ0) is 10.8. The topological polar surface area (TPSA) is 52.6 Å². The van der Waals surface area contributed by atoms with Crippen molar-refractivity contribution in [3.05, 3.63) is 0 Å². The monoisotopic (exact) mass is 202 g/mol. The largest absolute Gasteiger partial charge is 0.395 e. The molecule has 2 N–H and O–H groups in total. The minimum Gasteiger partial charge on any atom is -0.395 e. The number of rotatable bonds is 8. The Hall–Kier alpha value is -0.610. The number of hydrogen-bond donors (Lipinski definition) is 2. The van der Waals surface area contributed by atoms with Crippen LogP contribution in [0.3, 0.4) is 0 Å². The van der Waals surface area contributed by atoms with E-state index in [1.807, 2.05) is 14.0 Å². The Morgan fingerprint density at radius 1 is 1.43 bits per heavy atom. The zero-order valence-electron chi connectivity index (χ0n) is 9.25. The summed E-state index contributed by atoms with van der Waals surface area (Å²) in [5, 5.41) is 11.6. The molecule has 0 saturated carbocycles. The lowest BCUT2D eigenvalue weighted by Crippen LogP contribution is -2.30. The number of aliphatic hydroxyl groups is 1. The quantitative estimate of drug-likeness (QED) is 0.553. The van der Waals surface area contributed by atoms with Crippen molar-refractivity contribution >= 4 is 5.91 Å². The zero-order valence-corrected chi connectivity index (χ0v) is 9.25. The molecule has 0 aliphatic carbocycles. The van der Waals surface area contributed by atoms with Gasteiger partial charge in [0.25, 0.3) is 0 Å². The summed E-state index contributed by atoms with van der Waals surface area (Å²) in [6.45, 7) is 4.45. The highest BCUT2D eigenvalue weighted by Gasteiger charge is 2.05. The molecule has 0 aromatic heterocycles. The first-order valence-corrected chi connectivity index (χ1v) is 5.28. The molecule has 1 amide bonds. The van der Waals surface area contributed by atoms with Gasteiger partial charge in [0.15, 0.2) is 0 Å². The fourth-order valence-electron chi connectivity index (χ4n) is 1.17. The van der Waals surface area contributed by atoms with Crippen LogP contribution in [-0.4, -0.2) is 49.2 Å². The van der Waals surface area contributed by atoms with Gasteiger partial charge in [-0.15, -0.1) is 0 Å². The average Bonchev–Trinajstić information content (AvgIpc) is 2.17. The second-order valence-electron chi connectivity index (χ2n) is 3.39. The fourth-order valence-corrected chi connectivity index (χ4v) is 1.17. The van der Waals surface area contributed by atoms with E-state index < -0.39 is 0 Å². The van der Waals surface area contributed by atoms with Crippen molar-refractivity contribution in [1.82, 2.24) is 10.2 Å². The summed E-state index contributed by atoms with van der Waals surface area (Å²) in [6, 6.07) is 0. The Bertz CT molecular complexity index is 151. The van der Waals surface area contributed by atoms with Gasteiger partial charge in [0.1, 0.15) is 0 Å². The molecule has 0 radical (unpaired) electrons. The Morgan fingerprint density at radius 3 is 2.71 bits per heavy atom. The van der Waals surface area contributed by atoms with Gasteiger partial charge in [-0.2, -0.15) is 0 Å². The molecular weight excluding hydrogens is 180 g/mol. The normalized spacial score (nSPS) is 10.2. The molecule has 84 valence electrons. The molecule has 0 rings (SSSR count). The number of amides is 1. The highest BCUT2D eigenvalue weighted by atomic mass is 16.3. The van der Waals surface area contributed by atoms with Gasteiger partial charge in [0, 0.05) is 26.6 Å². The summed E-state index contributed by atoms with van der Waals surface area (Å²) >= 11 is 0. The minimum absolute atomic E-state index is 0.171. The van der Waals surface area contributed by atoms with Gasteiger partial charge in [-0.1, -0.05) is 6.92 Å². The number of carbonyl (C=O) groups is 1. The average molecular weight is 202 g/mol. The maximum atomic E-state index is 11.3. The highest BCUT2D eigenvalue weighted by Crippen LogP contribution is 1.95. The molecule has 0 bridgehead atoms. The van der Waals surface area contributed by atoms with Gasteiger partial charge < -0.3 is 15.3 Å². The molecular formula is C10H22N2O2. The van der Waals surface area contributed by atoms with E-state index in [0.717, 1.165) is 25.9 Å². The van der Waals surface area contributed by atoms with Crippen LogP contribution in [0.5, 0.6) is 0 Å². The van der Waals surface area contributed by atoms with Crippen molar-refractivity contribution < 1.29 is 9.90 Å². The molecule has 0 unspecified atom stereocenters. The molecule has 0 saturated heterocycles. The van der Waals surface area contributed by atoms with Gasteiger partial charge in [-0.3, -0.25) is 4.79 Å². The van der Waals surface area contributed by atoms with Crippen molar-refractivity contribution in [3.63, 3.8) is 0 Å². The van der Waals surface area contributed by atoms with Gasteiger partial charge in [0.05, 0.1) is 6.61 Å². The van der Waals surface area contributed by atoms with Crippen LogP contribution in [0.25, 0.3) is 0 Å². The van der Waals surface area contributed by atoms with Crippen molar-refractivity contribution in [2.24, 2.45) is 0 Å². The number of nitrogens with zero attached hydrogens (tertiary/aromatic N) is 1. The maximum absolute atomic E-state index is 11.3. The Morgan fingerprint density at radius 2 is 2.14 bits per heavy atom. The molecule has 4 heteroatoms. The molecule has 0 heterocycles. The molecule has 0 atom stereocenters. The van der Waals surface area contributed by atoms with Crippen LogP contribution >= 0.6 is 0 Å². The maximum Gasteiger partial charge on any atom is 0.222 e. The predicted octanol–water partition coefficient (Wildman–Crippen LogP) is 0.217. The van der Waals surface area contributed by atoms with Crippen LogP contribution in [0.1, 0.15) is 26.2 Å². The lowest BCUT2D eigenvalue weighted by Gasteiger charge is -2.16. The molecule has 4 nitrogen and oxygen atoms in total.